The number of nitrogens with zero attached hydrogens (tertiary/aromatic N) is 1. The Morgan fingerprint density at radius 3 is 2.29 bits per heavy atom. The van der Waals surface area contributed by atoms with Gasteiger partial charge in [-0.3, -0.25) is 9.69 Å². The molecule has 0 radical (unpaired) electrons. The van der Waals surface area contributed by atoms with E-state index in [1.165, 1.54) is 5.56 Å². The molecule has 0 saturated carbocycles. The van der Waals surface area contributed by atoms with Gasteiger partial charge in [0, 0.05) is 12.6 Å². The molecule has 0 aromatic heterocycles. The van der Waals surface area contributed by atoms with Crippen LogP contribution in [0.4, 0.5) is 0 Å². The van der Waals surface area contributed by atoms with Crippen molar-refractivity contribution in [3.05, 3.63) is 66.2 Å². The second kappa shape index (κ2) is 9.73. The minimum absolute atomic E-state index is 0.0243. The number of carbonyl (C=O) groups is 1. The van der Waals surface area contributed by atoms with Gasteiger partial charge in [-0.2, -0.15) is 0 Å². The Morgan fingerprint density at radius 2 is 1.67 bits per heavy atom. The largest absolute Gasteiger partial charge is 0.492 e. The molecule has 0 unspecified atom stereocenters. The average molecular weight is 326 g/mol. The molecule has 1 amide bonds. The number of ether oxygens (including phenoxy) is 1. The van der Waals surface area contributed by atoms with Crippen LogP contribution in [0.1, 0.15) is 19.4 Å². The van der Waals surface area contributed by atoms with Crippen molar-refractivity contribution >= 4 is 5.91 Å². The smallest absolute Gasteiger partial charge is 0.234 e. The molecule has 1 N–H and O–H groups in total. The second-order valence-electron chi connectivity index (χ2n) is 6.00. The predicted molar refractivity (Wildman–Crippen MR) is 96.9 cm³/mol. The van der Waals surface area contributed by atoms with Crippen LogP contribution < -0.4 is 10.1 Å². The average Bonchev–Trinajstić information content (AvgIpc) is 2.60. The number of nitrogens with one attached hydrogen (secondary N) is 1. The number of para-hydroxylation sites is 1. The molecule has 2 aromatic carbocycles. The summed E-state index contributed by atoms with van der Waals surface area (Å²) in [5, 5.41) is 2.92. The van der Waals surface area contributed by atoms with Crippen molar-refractivity contribution in [1.82, 2.24) is 10.2 Å². The molecule has 4 nitrogen and oxygen atoms in total. The number of amides is 1. The highest BCUT2D eigenvalue weighted by atomic mass is 16.5. The first-order chi connectivity index (χ1) is 11.6. The first-order valence-corrected chi connectivity index (χ1v) is 8.37. The van der Waals surface area contributed by atoms with Gasteiger partial charge in [-0.25, -0.2) is 0 Å². The quantitative estimate of drug-likeness (QED) is 0.720. The van der Waals surface area contributed by atoms with Crippen LogP contribution in [0.5, 0.6) is 5.75 Å². The highest BCUT2D eigenvalue weighted by Gasteiger charge is 2.14. The summed E-state index contributed by atoms with van der Waals surface area (Å²) in [6.07, 6.45) is 0. The van der Waals surface area contributed by atoms with Gasteiger partial charge >= 0.3 is 0 Å². The Labute approximate surface area is 144 Å². The Bertz CT molecular complexity index is 600. The molecule has 2 rings (SSSR count). The predicted octanol–water partition coefficient (Wildman–Crippen LogP) is 3.09. The summed E-state index contributed by atoms with van der Waals surface area (Å²) in [4.78, 5) is 14.3. The van der Waals surface area contributed by atoms with Gasteiger partial charge in [0.15, 0.2) is 0 Å². The Balaban J connectivity index is 1.72. The van der Waals surface area contributed by atoms with Gasteiger partial charge < -0.3 is 10.1 Å². The Morgan fingerprint density at radius 1 is 1.04 bits per heavy atom. The highest BCUT2D eigenvalue weighted by molar-refractivity contribution is 5.78. The van der Waals surface area contributed by atoms with Crippen molar-refractivity contribution in [3.63, 3.8) is 0 Å². The zero-order valence-corrected chi connectivity index (χ0v) is 14.4. The van der Waals surface area contributed by atoms with Crippen LogP contribution in [0.2, 0.25) is 0 Å². The SMILES string of the molecule is CC(C)N(CC(=O)NCCOc1ccccc1)Cc1ccccc1. The summed E-state index contributed by atoms with van der Waals surface area (Å²) in [7, 11) is 0. The lowest BCUT2D eigenvalue weighted by Crippen LogP contribution is -2.41. The Hall–Kier alpha value is -2.33. The highest BCUT2D eigenvalue weighted by Crippen LogP contribution is 2.08. The van der Waals surface area contributed by atoms with Gasteiger partial charge in [0.05, 0.1) is 13.1 Å². The van der Waals surface area contributed by atoms with Crippen molar-refractivity contribution < 1.29 is 9.53 Å². The third-order valence-electron chi connectivity index (χ3n) is 3.74. The van der Waals surface area contributed by atoms with Crippen molar-refractivity contribution in [1.29, 1.82) is 0 Å². The van der Waals surface area contributed by atoms with E-state index in [0.29, 0.717) is 25.7 Å². The van der Waals surface area contributed by atoms with Gasteiger partial charge in [-0.15, -0.1) is 0 Å². The molecule has 0 atom stereocenters. The van der Waals surface area contributed by atoms with E-state index in [1.54, 1.807) is 0 Å². The van der Waals surface area contributed by atoms with E-state index in [1.807, 2.05) is 48.5 Å². The summed E-state index contributed by atoms with van der Waals surface area (Å²) in [6, 6.07) is 20.1. The van der Waals surface area contributed by atoms with Crippen molar-refractivity contribution in [2.45, 2.75) is 26.4 Å². The third-order valence-corrected chi connectivity index (χ3v) is 3.74. The number of rotatable bonds is 9. The lowest BCUT2D eigenvalue weighted by atomic mass is 10.2. The normalized spacial score (nSPS) is 10.8. The van der Waals surface area contributed by atoms with Crippen LogP contribution in [-0.2, 0) is 11.3 Å². The molecule has 24 heavy (non-hydrogen) atoms. The lowest BCUT2D eigenvalue weighted by Gasteiger charge is -2.25. The Kier molecular flexibility index (Phi) is 7.30. The zero-order valence-electron chi connectivity index (χ0n) is 14.4. The molecule has 0 spiro atoms. The molecule has 0 heterocycles. The maximum absolute atomic E-state index is 12.2. The molecular weight excluding hydrogens is 300 g/mol. The molecule has 2 aromatic rings. The lowest BCUT2D eigenvalue weighted by molar-refractivity contribution is -0.122. The molecule has 4 heteroatoms. The van der Waals surface area contributed by atoms with Crippen LogP contribution in [0.25, 0.3) is 0 Å². The maximum Gasteiger partial charge on any atom is 0.234 e. The van der Waals surface area contributed by atoms with E-state index in [2.05, 4.69) is 36.2 Å². The number of benzene rings is 2. The minimum Gasteiger partial charge on any atom is -0.492 e. The first kappa shape index (κ1) is 18.0. The van der Waals surface area contributed by atoms with Crippen LogP contribution in [-0.4, -0.2) is 36.5 Å². The fourth-order valence-electron chi connectivity index (χ4n) is 2.36. The monoisotopic (exact) mass is 326 g/mol. The first-order valence-electron chi connectivity index (χ1n) is 8.37. The second-order valence-corrected chi connectivity index (χ2v) is 6.00. The summed E-state index contributed by atoms with van der Waals surface area (Å²) < 4.78 is 5.58. The third kappa shape index (κ3) is 6.42. The molecule has 0 aliphatic heterocycles. The van der Waals surface area contributed by atoms with Crippen LogP contribution >= 0.6 is 0 Å². The molecular formula is C20H26N2O2. The van der Waals surface area contributed by atoms with E-state index in [9.17, 15) is 4.79 Å². The standard InChI is InChI=1S/C20H26N2O2/c1-17(2)22(15-18-9-5-3-6-10-18)16-20(23)21-13-14-24-19-11-7-4-8-12-19/h3-12,17H,13-16H2,1-2H3,(H,21,23). The summed E-state index contributed by atoms with van der Waals surface area (Å²) in [5.74, 6) is 0.843. The van der Waals surface area contributed by atoms with Gasteiger partial charge in [0.25, 0.3) is 0 Å². The zero-order chi connectivity index (χ0) is 17.2. The van der Waals surface area contributed by atoms with Gasteiger partial charge in [-0.1, -0.05) is 48.5 Å². The van der Waals surface area contributed by atoms with E-state index in [0.717, 1.165) is 12.3 Å². The summed E-state index contributed by atoms with van der Waals surface area (Å²) in [6.45, 7) is 6.34. The van der Waals surface area contributed by atoms with Crippen LogP contribution in [0.15, 0.2) is 60.7 Å². The van der Waals surface area contributed by atoms with E-state index in [4.69, 9.17) is 4.74 Å². The molecule has 0 aliphatic carbocycles. The maximum atomic E-state index is 12.2. The summed E-state index contributed by atoms with van der Waals surface area (Å²) in [5.41, 5.74) is 1.21. The fourth-order valence-corrected chi connectivity index (χ4v) is 2.36. The molecule has 128 valence electrons. The molecule has 0 bridgehead atoms. The van der Waals surface area contributed by atoms with E-state index in [-0.39, 0.29) is 5.91 Å². The number of hydrogen-bond donors (Lipinski definition) is 1. The van der Waals surface area contributed by atoms with Crippen LogP contribution in [0.3, 0.4) is 0 Å². The fraction of sp³-hybridized carbons (Fsp3) is 0.350. The summed E-state index contributed by atoms with van der Waals surface area (Å²) >= 11 is 0. The van der Waals surface area contributed by atoms with Crippen molar-refractivity contribution in [2.24, 2.45) is 0 Å². The van der Waals surface area contributed by atoms with Gasteiger partial charge in [0.1, 0.15) is 12.4 Å². The number of hydrogen-bond acceptors (Lipinski definition) is 3. The van der Waals surface area contributed by atoms with Crippen molar-refractivity contribution in [3.8, 4) is 5.75 Å². The van der Waals surface area contributed by atoms with E-state index >= 15 is 0 Å². The molecule has 0 aliphatic rings. The minimum atomic E-state index is 0.0243. The molecule has 0 fully saturated rings. The topological polar surface area (TPSA) is 41.6 Å². The van der Waals surface area contributed by atoms with Gasteiger partial charge in [0.2, 0.25) is 5.91 Å². The van der Waals surface area contributed by atoms with Crippen LogP contribution in [0, 0.1) is 0 Å². The van der Waals surface area contributed by atoms with Crippen molar-refractivity contribution in [2.75, 3.05) is 19.7 Å². The molecule has 0 saturated heterocycles. The number of carbonyl (C=O) groups excluding carboxylic acids is 1. The van der Waals surface area contributed by atoms with Gasteiger partial charge in [-0.05, 0) is 31.5 Å². The van der Waals surface area contributed by atoms with E-state index < -0.39 is 0 Å².